The van der Waals surface area contributed by atoms with Crippen molar-refractivity contribution in [2.75, 3.05) is 6.61 Å². The maximum Gasteiger partial charge on any atom is 0.261 e. The Morgan fingerprint density at radius 3 is 2.29 bits per heavy atom. The molecule has 7 heteroatoms. The Hall–Kier alpha value is -2.24. The van der Waals surface area contributed by atoms with Crippen molar-refractivity contribution in [2.45, 2.75) is 59.2 Å². The van der Waals surface area contributed by atoms with Gasteiger partial charge in [-0.3, -0.25) is 9.59 Å². The second kappa shape index (κ2) is 10.9. The summed E-state index contributed by atoms with van der Waals surface area (Å²) in [4.78, 5) is 27.3. The van der Waals surface area contributed by atoms with Crippen LogP contribution in [0.4, 0.5) is 0 Å². The molecule has 0 heterocycles. The minimum absolute atomic E-state index is 0.158. The van der Waals surface area contributed by atoms with Crippen LogP contribution in [0.15, 0.2) is 42.5 Å². The fourth-order valence-corrected chi connectivity index (χ4v) is 3.41. The van der Waals surface area contributed by atoms with E-state index in [1.54, 1.807) is 25.1 Å². The molecule has 0 spiro atoms. The van der Waals surface area contributed by atoms with Crippen LogP contribution >= 0.6 is 23.2 Å². The third kappa shape index (κ3) is 7.75. The van der Waals surface area contributed by atoms with Gasteiger partial charge in [0, 0.05) is 22.1 Å². The molecular weight excluding hydrogens is 435 g/mol. The van der Waals surface area contributed by atoms with Crippen LogP contribution in [0.25, 0.3) is 0 Å². The van der Waals surface area contributed by atoms with Crippen LogP contribution in [-0.4, -0.2) is 34.9 Å². The summed E-state index contributed by atoms with van der Waals surface area (Å²) >= 11 is 12.3. The summed E-state index contributed by atoms with van der Waals surface area (Å²) < 4.78 is 5.69. The molecule has 2 rings (SSSR count). The number of ether oxygens (including phenoxy) is 1. The molecule has 0 aromatic heterocycles. The molecule has 0 fully saturated rings. The smallest absolute Gasteiger partial charge is 0.261 e. The molecule has 0 aliphatic rings. The number of aryl methyl sites for hydroxylation is 1. The summed E-state index contributed by atoms with van der Waals surface area (Å²) in [5, 5.41) is 3.86. The summed E-state index contributed by atoms with van der Waals surface area (Å²) in [5.74, 6) is 0.0298. The van der Waals surface area contributed by atoms with E-state index >= 15 is 0 Å². The van der Waals surface area contributed by atoms with Gasteiger partial charge in [-0.25, -0.2) is 0 Å². The van der Waals surface area contributed by atoms with Crippen LogP contribution in [0.3, 0.4) is 0 Å². The van der Waals surface area contributed by atoms with Gasteiger partial charge < -0.3 is 15.0 Å². The molecule has 0 bridgehead atoms. The van der Waals surface area contributed by atoms with Crippen molar-refractivity contribution >= 4 is 35.0 Å². The standard InChI is InChI=1S/C24H30Cl2N2O3/c1-6-17-7-11-20(12-8-17)31-15-22(29)28(16(2)23(30)27-24(3,4)5)14-18-9-10-19(25)13-21(18)26/h7-13,16H,6,14-15H2,1-5H3,(H,27,30). The fourth-order valence-electron chi connectivity index (χ4n) is 2.94. The van der Waals surface area contributed by atoms with Crippen molar-refractivity contribution in [3.63, 3.8) is 0 Å². The van der Waals surface area contributed by atoms with Crippen molar-refractivity contribution in [3.05, 3.63) is 63.6 Å². The monoisotopic (exact) mass is 464 g/mol. The number of carbonyl (C=O) groups is 2. The van der Waals surface area contributed by atoms with E-state index in [0.717, 1.165) is 6.42 Å². The Morgan fingerprint density at radius 2 is 1.74 bits per heavy atom. The molecule has 1 atom stereocenters. The van der Waals surface area contributed by atoms with E-state index in [-0.39, 0.29) is 25.0 Å². The second-order valence-electron chi connectivity index (χ2n) is 8.46. The van der Waals surface area contributed by atoms with Crippen LogP contribution in [0.1, 0.15) is 45.7 Å². The molecule has 0 saturated carbocycles. The van der Waals surface area contributed by atoms with E-state index in [4.69, 9.17) is 27.9 Å². The lowest BCUT2D eigenvalue weighted by molar-refractivity contribution is -0.142. The summed E-state index contributed by atoms with van der Waals surface area (Å²) in [6, 6.07) is 12.0. The lowest BCUT2D eigenvalue weighted by Gasteiger charge is -2.31. The number of halogens is 2. The molecular formula is C24H30Cl2N2O3. The van der Waals surface area contributed by atoms with E-state index < -0.39 is 11.6 Å². The zero-order valence-electron chi connectivity index (χ0n) is 18.7. The van der Waals surface area contributed by atoms with E-state index in [2.05, 4.69) is 12.2 Å². The van der Waals surface area contributed by atoms with Gasteiger partial charge in [0.25, 0.3) is 5.91 Å². The Kier molecular flexibility index (Phi) is 8.78. The molecule has 2 aromatic carbocycles. The summed E-state index contributed by atoms with van der Waals surface area (Å²) in [5.41, 5.74) is 1.46. The highest BCUT2D eigenvalue weighted by atomic mass is 35.5. The fraction of sp³-hybridized carbons (Fsp3) is 0.417. The summed E-state index contributed by atoms with van der Waals surface area (Å²) in [7, 11) is 0. The molecule has 0 aliphatic heterocycles. The van der Waals surface area contributed by atoms with Gasteiger partial charge in [-0.15, -0.1) is 0 Å². The zero-order valence-corrected chi connectivity index (χ0v) is 20.2. The van der Waals surface area contributed by atoms with Crippen molar-refractivity contribution < 1.29 is 14.3 Å². The lowest BCUT2D eigenvalue weighted by atomic mass is 10.1. The van der Waals surface area contributed by atoms with Crippen LogP contribution < -0.4 is 10.1 Å². The molecule has 0 aliphatic carbocycles. The molecule has 1 unspecified atom stereocenters. The van der Waals surface area contributed by atoms with E-state index in [0.29, 0.717) is 21.4 Å². The van der Waals surface area contributed by atoms with Crippen molar-refractivity contribution in [2.24, 2.45) is 0 Å². The lowest BCUT2D eigenvalue weighted by Crippen LogP contribution is -2.53. The second-order valence-corrected chi connectivity index (χ2v) is 9.30. The number of hydrogen-bond acceptors (Lipinski definition) is 3. The van der Waals surface area contributed by atoms with Crippen molar-refractivity contribution in [3.8, 4) is 5.75 Å². The first kappa shape index (κ1) is 25.0. The quantitative estimate of drug-likeness (QED) is 0.578. The SMILES string of the molecule is CCc1ccc(OCC(=O)N(Cc2ccc(Cl)cc2Cl)C(C)C(=O)NC(C)(C)C)cc1. The van der Waals surface area contributed by atoms with Gasteiger partial charge in [-0.2, -0.15) is 0 Å². The number of rotatable bonds is 8. The molecule has 0 saturated heterocycles. The van der Waals surface area contributed by atoms with Crippen molar-refractivity contribution in [1.29, 1.82) is 0 Å². The van der Waals surface area contributed by atoms with E-state index in [9.17, 15) is 9.59 Å². The van der Waals surface area contributed by atoms with Gasteiger partial charge >= 0.3 is 0 Å². The third-order valence-electron chi connectivity index (χ3n) is 4.72. The Labute approximate surface area is 194 Å². The van der Waals surface area contributed by atoms with E-state index in [1.807, 2.05) is 45.0 Å². The summed E-state index contributed by atoms with van der Waals surface area (Å²) in [6.45, 7) is 9.41. The van der Waals surface area contributed by atoms with Gasteiger partial charge in [-0.05, 0) is 69.5 Å². The van der Waals surface area contributed by atoms with Crippen LogP contribution in [0.2, 0.25) is 10.0 Å². The van der Waals surface area contributed by atoms with Gasteiger partial charge in [0.05, 0.1) is 0 Å². The van der Waals surface area contributed by atoms with E-state index in [1.165, 1.54) is 10.5 Å². The molecule has 31 heavy (non-hydrogen) atoms. The highest BCUT2D eigenvalue weighted by molar-refractivity contribution is 6.35. The predicted octanol–water partition coefficient (Wildman–Crippen LogP) is 5.27. The number of amides is 2. The zero-order chi connectivity index (χ0) is 23.2. The molecule has 0 radical (unpaired) electrons. The Bertz CT molecular complexity index is 908. The normalized spacial score (nSPS) is 12.2. The Morgan fingerprint density at radius 1 is 1.10 bits per heavy atom. The Balaban J connectivity index is 2.19. The van der Waals surface area contributed by atoms with Gasteiger partial charge in [0.1, 0.15) is 11.8 Å². The first-order chi connectivity index (χ1) is 14.5. The van der Waals surface area contributed by atoms with Crippen LogP contribution in [-0.2, 0) is 22.6 Å². The van der Waals surface area contributed by atoms with Gasteiger partial charge in [0.2, 0.25) is 5.91 Å². The molecule has 2 aromatic rings. The van der Waals surface area contributed by atoms with Crippen LogP contribution in [0.5, 0.6) is 5.75 Å². The highest BCUT2D eigenvalue weighted by Gasteiger charge is 2.29. The molecule has 168 valence electrons. The minimum atomic E-state index is -0.718. The predicted molar refractivity (Wildman–Crippen MR) is 126 cm³/mol. The maximum absolute atomic E-state index is 13.1. The largest absolute Gasteiger partial charge is 0.484 e. The highest BCUT2D eigenvalue weighted by Crippen LogP contribution is 2.23. The van der Waals surface area contributed by atoms with Gasteiger partial charge in [-0.1, -0.05) is 48.3 Å². The number of nitrogens with zero attached hydrogens (tertiary/aromatic N) is 1. The number of carbonyl (C=O) groups excluding carboxylic acids is 2. The average molecular weight is 465 g/mol. The van der Waals surface area contributed by atoms with Crippen molar-refractivity contribution in [1.82, 2.24) is 10.2 Å². The number of benzene rings is 2. The molecule has 2 amide bonds. The third-order valence-corrected chi connectivity index (χ3v) is 5.30. The van der Waals surface area contributed by atoms with Crippen LogP contribution in [0, 0.1) is 0 Å². The maximum atomic E-state index is 13.1. The minimum Gasteiger partial charge on any atom is -0.484 e. The first-order valence-corrected chi connectivity index (χ1v) is 11.0. The summed E-state index contributed by atoms with van der Waals surface area (Å²) in [6.07, 6.45) is 0.926. The first-order valence-electron chi connectivity index (χ1n) is 10.3. The average Bonchev–Trinajstić information content (AvgIpc) is 2.70. The number of hydrogen-bond donors (Lipinski definition) is 1. The topological polar surface area (TPSA) is 58.6 Å². The van der Waals surface area contributed by atoms with Gasteiger partial charge in [0.15, 0.2) is 6.61 Å². The number of nitrogens with one attached hydrogen (secondary N) is 1. The molecule has 5 nitrogen and oxygen atoms in total. The molecule has 1 N–H and O–H groups in total.